The van der Waals surface area contributed by atoms with Gasteiger partial charge in [-0.3, -0.25) is 0 Å². The molecular weight excluding hydrogens is 388 g/mol. The van der Waals surface area contributed by atoms with Crippen molar-refractivity contribution in [1.29, 1.82) is 0 Å². The van der Waals surface area contributed by atoms with Crippen LogP contribution in [0.5, 0.6) is 11.5 Å². The van der Waals surface area contributed by atoms with E-state index in [1.165, 1.54) is 0 Å². The van der Waals surface area contributed by atoms with Crippen LogP contribution in [-0.2, 0) is 6.42 Å². The first-order chi connectivity index (χ1) is 15.2. The molecule has 0 spiro atoms. The van der Waals surface area contributed by atoms with E-state index in [-0.39, 0.29) is 0 Å². The van der Waals surface area contributed by atoms with Crippen molar-refractivity contribution in [2.24, 2.45) is 0 Å². The molecule has 4 heteroatoms. The molecule has 1 aliphatic rings. The molecule has 0 aliphatic heterocycles. The van der Waals surface area contributed by atoms with Gasteiger partial charge < -0.3 is 9.47 Å². The molecule has 1 fully saturated rings. The fourth-order valence-electron chi connectivity index (χ4n) is 4.12. The van der Waals surface area contributed by atoms with Gasteiger partial charge in [-0.1, -0.05) is 68.3 Å². The quantitative estimate of drug-likeness (QED) is 0.349. The minimum atomic E-state index is -0.462. The topological polar surface area (TPSA) is 52.6 Å². The van der Waals surface area contributed by atoms with Crippen LogP contribution in [0.1, 0.15) is 70.4 Å². The molecule has 0 N–H and O–H groups in total. The van der Waals surface area contributed by atoms with Crippen LogP contribution in [0.4, 0.5) is 0 Å². The summed E-state index contributed by atoms with van der Waals surface area (Å²) in [7, 11) is 0. The second kappa shape index (κ2) is 9.61. The van der Waals surface area contributed by atoms with Gasteiger partial charge in [0.2, 0.25) is 0 Å². The molecule has 3 aromatic rings. The Labute approximate surface area is 182 Å². The average Bonchev–Trinajstić information content (AvgIpc) is 3.35. The molecule has 4 rings (SSSR count). The van der Waals surface area contributed by atoms with Crippen molar-refractivity contribution in [2.45, 2.75) is 44.9 Å². The van der Waals surface area contributed by atoms with E-state index in [0.29, 0.717) is 35.0 Å². The molecule has 4 nitrogen and oxygen atoms in total. The Morgan fingerprint density at radius 3 is 1.77 bits per heavy atom. The van der Waals surface area contributed by atoms with E-state index in [2.05, 4.69) is 0 Å². The number of esters is 2. The number of aryl methyl sites for hydroxylation is 1. The zero-order valence-corrected chi connectivity index (χ0v) is 17.7. The largest absolute Gasteiger partial charge is 0.419 e. The van der Waals surface area contributed by atoms with Crippen molar-refractivity contribution in [1.82, 2.24) is 0 Å². The van der Waals surface area contributed by atoms with E-state index in [4.69, 9.17) is 9.47 Å². The molecule has 0 atom stereocenters. The zero-order chi connectivity index (χ0) is 21.6. The predicted octanol–water partition coefficient (Wildman–Crippen LogP) is 6.35. The number of rotatable bonds is 6. The molecule has 158 valence electrons. The monoisotopic (exact) mass is 414 g/mol. The fourth-order valence-corrected chi connectivity index (χ4v) is 4.12. The van der Waals surface area contributed by atoms with E-state index < -0.39 is 11.9 Å². The number of benzene rings is 3. The van der Waals surface area contributed by atoms with Gasteiger partial charge in [-0.2, -0.15) is 0 Å². The van der Waals surface area contributed by atoms with Crippen LogP contribution in [0.15, 0.2) is 72.8 Å². The van der Waals surface area contributed by atoms with E-state index in [0.717, 1.165) is 36.8 Å². The second-order valence-corrected chi connectivity index (χ2v) is 7.82. The lowest BCUT2D eigenvalue weighted by Gasteiger charge is -2.20. The fraction of sp³-hybridized carbons (Fsp3) is 0.259. The van der Waals surface area contributed by atoms with Crippen molar-refractivity contribution < 1.29 is 19.1 Å². The molecule has 0 radical (unpaired) electrons. The Morgan fingerprint density at radius 2 is 1.26 bits per heavy atom. The number of hydrogen-bond acceptors (Lipinski definition) is 4. The summed E-state index contributed by atoms with van der Waals surface area (Å²) in [6.07, 6.45) is 5.01. The molecule has 0 amide bonds. The molecular formula is C27H26O4. The Kier molecular flexibility index (Phi) is 6.46. The molecule has 0 aromatic heterocycles. The van der Waals surface area contributed by atoms with Crippen LogP contribution >= 0.6 is 0 Å². The SMILES string of the molecule is CCc1ccc(C2CCCC2)c(OC(=O)c2ccccc2)c1OC(=O)c1ccccc1. The van der Waals surface area contributed by atoms with Gasteiger partial charge >= 0.3 is 11.9 Å². The third kappa shape index (κ3) is 4.69. The summed E-state index contributed by atoms with van der Waals surface area (Å²) in [5, 5.41) is 0. The van der Waals surface area contributed by atoms with Gasteiger partial charge in [0.25, 0.3) is 0 Å². The van der Waals surface area contributed by atoms with Crippen LogP contribution in [0.2, 0.25) is 0 Å². The standard InChI is InChI=1S/C27H26O4/c1-2-19-17-18-23(20-11-9-10-12-20)25(31-27(29)22-15-7-4-8-16-22)24(19)30-26(28)21-13-5-3-6-14-21/h3-8,13-18,20H,2,9-12H2,1H3. The highest BCUT2D eigenvalue weighted by Crippen LogP contribution is 2.45. The van der Waals surface area contributed by atoms with Crippen molar-refractivity contribution in [3.8, 4) is 11.5 Å². The van der Waals surface area contributed by atoms with Gasteiger partial charge in [-0.25, -0.2) is 9.59 Å². The lowest BCUT2D eigenvalue weighted by molar-refractivity contribution is 0.0679. The first-order valence-corrected chi connectivity index (χ1v) is 10.9. The van der Waals surface area contributed by atoms with Crippen molar-refractivity contribution >= 4 is 11.9 Å². The highest BCUT2D eigenvalue weighted by atomic mass is 16.6. The van der Waals surface area contributed by atoms with Crippen LogP contribution in [-0.4, -0.2) is 11.9 Å². The summed E-state index contributed by atoms with van der Waals surface area (Å²) >= 11 is 0. The van der Waals surface area contributed by atoms with Crippen molar-refractivity contribution in [2.75, 3.05) is 0 Å². The number of hydrogen-bond donors (Lipinski definition) is 0. The Hall–Kier alpha value is -3.40. The van der Waals surface area contributed by atoms with E-state index in [1.807, 2.05) is 31.2 Å². The van der Waals surface area contributed by atoms with Crippen LogP contribution < -0.4 is 9.47 Å². The molecule has 1 aliphatic carbocycles. The molecule has 0 bridgehead atoms. The summed E-state index contributed by atoms with van der Waals surface area (Å²) in [5.41, 5.74) is 2.69. The zero-order valence-electron chi connectivity index (χ0n) is 17.7. The summed E-state index contributed by atoms with van der Waals surface area (Å²) in [5.74, 6) is 0.106. The Bertz CT molecular complexity index is 1050. The van der Waals surface area contributed by atoms with Gasteiger partial charge in [0.15, 0.2) is 11.5 Å². The summed E-state index contributed by atoms with van der Waals surface area (Å²) in [4.78, 5) is 25.8. The predicted molar refractivity (Wildman–Crippen MR) is 120 cm³/mol. The first-order valence-electron chi connectivity index (χ1n) is 10.9. The third-order valence-corrected chi connectivity index (χ3v) is 5.81. The van der Waals surface area contributed by atoms with Crippen LogP contribution in [0.25, 0.3) is 0 Å². The van der Waals surface area contributed by atoms with Gasteiger partial charge in [-0.05, 0) is 55.0 Å². The maximum absolute atomic E-state index is 12.9. The molecule has 0 saturated heterocycles. The molecule has 0 unspecified atom stereocenters. The van der Waals surface area contributed by atoms with Crippen LogP contribution in [0, 0.1) is 0 Å². The van der Waals surface area contributed by atoms with Gasteiger partial charge in [-0.15, -0.1) is 0 Å². The lowest BCUT2D eigenvalue weighted by atomic mass is 9.94. The van der Waals surface area contributed by atoms with Gasteiger partial charge in [0, 0.05) is 5.56 Å². The number of ether oxygens (including phenoxy) is 2. The van der Waals surface area contributed by atoms with Gasteiger partial charge in [0.05, 0.1) is 11.1 Å². The minimum Gasteiger partial charge on any atom is -0.419 e. The van der Waals surface area contributed by atoms with Crippen molar-refractivity contribution in [3.63, 3.8) is 0 Å². The normalized spacial score (nSPS) is 13.7. The smallest absolute Gasteiger partial charge is 0.343 e. The van der Waals surface area contributed by atoms with Crippen molar-refractivity contribution in [3.05, 3.63) is 95.1 Å². The van der Waals surface area contributed by atoms with E-state index in [1.54, 1.807) is 48.5 Å². The van der Waals surface area contributed by atoms with Crippen LogP contribution in [0.3, 0.4) is 0 Å². The summed E-state index contributed by atoms with van der Waals surface area (Å²) in [6, 6.07) is 21.8. The van der Waals surface area contributed by atoms with E-state index in [9.17, 15) is 9.59 Å². The molecule has 0 heterocycles. The third-order valence-electron chi connectivity index (χ3n) is 5.81. The molecule has 3 aromatic carbocycles. The molecule has 31 heavy (non-hydrogen) atoms. The van der Waals surface area contributed by atoms with Gasteiger partial charge in [0.1, 0.15) is 0 Å². The Morgan fingerprint density at radius 1 is 0.742 bits per heavy atom. The highest BCUT2D eigenvalue weighted by Gasteiger charge is 2.28. The average molecular weight is 415 g/mol. The lowest BCUT2D eigenvalue weighted by Crippen LogP contribution is -2.15. The maximum Gasteiger partial charge on any atom is 0.343 e. The summed E-state index contributed by atoms with van der Waals surface area (Å²) < 4.78 is 11.8. The number of carbonyl (C=O) groups excluding carboxylic acids is 2. The maximum atomic E-state index is 12.9. The first kappa shape index (κ1) is 20.9. The Balaban J connectivity index is 1.76. The second-order valence-electron chi connectivity index (χ2n) is 7.82. The highest BCUT2D eigenvalue weighted by molar-refractivity contribution is 5.93. The summed E-state index contributed by atoms with van der Waals surface area (Å²) in [6.45, 7) is 1.99. The van der Waals surface area contributed by atoms with E-state index >= 15 is 0 Å². The molecule has 1 saturated carbocycles. The number of carbonyl (C=O) groups is 2. The minimum absolute atomic E-state index is 0.290.